The maximum atomic E-state index is 11.0. The highest BCUT2D eigenvalue weighted by Crippen LogP contribution is 2.32. The molecule has 4 rings (SSSR count). The van der Waals surface area contributed by atoms with Crippen molar-refractivity contribution in [1.82, 2.24) is 24.7 Å². The zero-order valence-electron chi connectivity index (χ0n) is 14.6. The highest BCUT2D eigenvalue weighted by Gasteiger charge is 2.35. The number of nitrogens with zero attached hydrogens (tertiary/aromatic N) is 6. The first-order chi connectivity index (χ1) is 11.6. The van der Waals surface area contributed by atoms with Crippen LogP contribution in [0.1, 0.15) is 36.9 Å². The molecular weight excluding hydrogens is 304 g/mol. The number of aryl methyl sites for hydroxylation is 1. The molecule has 2 aliphatic rings. The number of piperidine rings is 1. The molecule has 0 amide bonds. The summed E-state index contributed by atoms with van der Waals surface area (Å²) >= 11 is 0. The highest BCUT2D eigenvalue weighted by molar-refractivity contribution is 5.72. The average molecular weight is 330 g/mol. The quantitative estimate of drug-likeness (QED) is 0.911. The Bertz CT molecular complexity index is 728. The molecule has 0 aliphatic carbocycles. The molecule has 130 valence electrons. The molecule has 4 heterocycles. The SMILES string of the molecule is Cc1nn2cnnc2c(N2CCC(O)(CN3CCCC3)CC2)c1C. The first kappa shape index (κ1) is 15.8. The van der Waals surface area contributed by atoms with Gasteiger partial charge >= 0.3 is 0 Å². The number of hydrogen-bond donors (Lipinski definition) is 1. The van der Waals surface area contributed by atoms with Crippen molar-refractivity contribution in [3.05, 3.63) is 17.6 Å². The summed E-state index contributed by atoms with van der Waals surface area (Å²) < 4.78 is 1.75. The van der Waals surface area contributed by atoms with Crippen molar-refractivity contribution in [2.24, 2.45) is 0 Å². The first-order valence-corrected chi connectivity index (χ1v) is 8.93. The van der Waals surface area contributed by atoms with Gasteiger partial charge < -0.3 is 14.9 Å². The average Bonchev–Trinajstić information content (AvgIpc) is 3.21. The van der Waals surface area contributed by atoms with Crippen LogP contribution in [0, 0.1) is 13.8 Å². The maximum absolute atomic E-state index is 11.0. The minimum atomic E-state index is -0.555. The second kappa shape index (κ2) is 5.97. The van der Waals surface area contributed by atoms with Crippen LogP contribution in [0.2, 0.25) is 0 Å². The van der Waals surface area contributed by atoms with Crippen LogP contribution in [0.15, 0.2) is 6.33 Å². The third kappa shape index (κ3) is 2.75. The number of β-amino-alcohol motifs (C(OH)–C–C–N with tert-alkyl or cyclic N) is 1. The van der Waals surface area contributed by atoms with Crippen molar-refractivity contribution in [2.45, 2.75) is 45.1 Å². The summed E-state index contributed by atoms with van der Waals surface area (Å²) in [5.41, 5.74) is 3.52. The molecule has 0 radical (unpaired) electrons. The van der Waals surface area contributed by atoms with E-state index in [1.54, 1.807) is 10.8 Å². The molecule has 0 bridgehead atoms. The Balaban J connectivity index is 1.53. The Hall–Kier alpha value is -1.73. The van der Waals surface area contributed by atoms with Crippen LogP contribution >= 0.6 is 0 Å². The van der Waals surface area contributed by atoms with Crippen LogP contribution in [0.25, 0.3) is 5.65 Å². The van der Waals surface area contributed by atoms with E-state index in [1.807, 2.05) is 6.92 Å². The minimum Gasteiger partial charge on any atom is -0.388 e. The Kier molecular flexibility index (Phi) is 3.92. The van der Waals surface area contributed by atoms with Gasteiger partial charge in [0.15, 0.2) is 0 Å². The number of anilines is 1. The van der Waals surface area contributed by atoms with Crippen LogP contribution in [-0.4, -0.2) is 68.1 Å². The molecule has 7 nitrogen and oxygen atoms in total. The molecule has 0 aromatic carbocycles. The molecule has 2 saturated heterocycles. The summed E-state index contributed by atoms with van der Waals surface area (Å²) in [7, 11) is 0. The van der Waals surface area contributed by atoms with Gasteiger partial charge in [0.1, 0.15) is 6.33 Å². The van der Waals surface area contributed by atoms with Crippen LogP contribution in [-0.2, 0) is 0 Å². The Morgan fingerprint density at radius 2 is 1.83 bits per heavy atom. The van der Waals surface area contributed by atoms with Gasteiger partial charge in [-0.15, -0.1) is 10.2 Å². The Morgan fingerprint density at radius 3 is 2.54 bits per heavy atom. The molecule has 2 fully saturated rings. The van der Waals surface area contributed by atoms with Gasteiger partial charge in [0.05, 0.1) is 17.0 Å². The maximum Gasteiger partial charge on any atom is 0.201 e. The second-order valence-electron chi connectivity index (χ2n) is 7.35. The van der Waals surface area contributed by atoms with Crippen LogP contribution in [0.3, 0.4) is 0 Å². The fourth-order valence-electron chi connectivity index (χ4n) is 4.07. The third-order valence-corrected chi connectivity index (χ3v) is 5.62. The van der Waals surface area contributed by atoms with E-state index in [-0.39, 0.29) is 0 Å². The molecule has 0 atom stereocenters. The Morgan fingerprint density at radius 1 is 1.12 bits per heavy atom. The van der Waals surface area contributed by atoms with E-state index in [4.69, 9.17) is 0 Å². The van der Waals surface area contributed by atoms with Gasteiger partial charge in [-0.3, -0.25) is 0 Å². The minimum absolute atomic E-state index is 0.555. The van der Waals surface area contributed by atoms with E-state index in [2.05, 4.69) is 32.0 Å². The molecule has 0 unspecified atom stereocenters. The zero-order valence-corrected chi connectivity index (χ0v) is 14.6. The van der Waals surface area contributed by atoms with Gasteiger partial charge in [0.2, 0.25) is 5.65 Å². The number of hydrogen-bond acceptors (Lipinski definition) is 6. The number of aromatic nitrogens is 4. The summed E-state index contributed by atoms with van der Waals surface area (Å²) in [6.45, 7) is 8.89. The zero-order chi connectivity index (χ0) is 16.7. The van der Waals surface area contributed by atoms with Crippen molar-refractivity contribution in [2.75, 3.05) is 37.6 Å². The van der Waals surface area contributed by atoms with Crippen LogP contribution < -0.4 is 4.90 Å². The molecular formula is C17H26N6O. The van der Waals surface area contributed by atoms with E-state index in [0.717, 1.165) is 68.2 Å². The molecule has 2 aromatic heterocycles. The number of likely N-dealkylation sites (tertiary alicyclic amines) is 1. The van der Waals surface area contributed by atoms with Crippen molar-refractivity contribution in [3.63, 3.8) is 0 Å². The smallest absolute Gasteiger partial charge is 0.201 e. The normalized spacial score (nSPS) is 21.7. The predicted molar refractivity (Wildman–Crippen MR) is 92.3 cm³/mol. The Labute approximate surface area is 142 Å². The summed E-state index contributed by atoms with van der Waals surface area (Å²) in [4.78, 5) is 4.75. The number of rotatable bonds is 3. The van der Waals surface area contributed by atoms with Gasteiger partial charge in [-0.1, -0.05) is 0 Å². The number of aliphatic hydroxyl groups is 1. The predicted octanol–water partition coefficient (Wildman–Crippen LogP) is 1.17. The lowest BCUT2D eigenvalue weighted by atomic mass is 9.90. The highest BCUT2D eigenvalue weighted by atomic mass is 16.3. The van der Waals surface area contributed by atoms with Gasteiger partial charge in [-0.25, -0.2) is 0 Å². The molecule has 1 N–H and O–H groups in total. The van der Waals surface area contributed by atoms with Gasteiger partial charge in [0, 0.05) is 19.6 Å². The van der Waals surface area contributed by atoms with E-state index >= 15 is 0 Å². The topological polar surface area (TPSA) is 69.8 Å². The van der Waals surface area contributed by atoms with E-state index in [1.165, 1.54) is 12.8 Å². The lowest BCUT2D eigenvalue weighted by molar-refractivity contribution is -0.0110. The van der Waals surface area contributed by atoms with Crippen LogP contribution in [0.5, 0.6) is 0 Å². The third-order valence-electron chi connectivity index (χ3n) is 5.62. The molecule has 7 heteroatoms. The summed E-state index contributed by atoms with van der Waals surface area (Å²) in [5.74, 6) is 0. The molecule has 24 heavy (non-hydrogen) atoms. The molecule has 2 aromatic rings. The summed E-state index contributed by atoms with van der Waals surface area (Å²) in [6, 6.07) is 0. The summed E-state index contributed by atoms with van der Waals surface area (Å²) in [6.07, 6.45) is 5.78. The molecule has 2 aliphatic heterocycles. The van der Waals surface area contributed by atoms with E-state index in [9.17, 15) is 5.11 Å². The largest absolute Gasteiger partial charge is 0.388 e. The van der Waals surface area contributed by atoms with E-state index in [0.29, 0.717) is 0 Å². The first-order valence-electron chi connectivity index (χ1n) is 8.93. The van der Waals surface area contributed by atoms with Gasteiger partial charge in [0.25, 0.3) is 0 Å². The molecule has 0 saturated carbocycles. The molecule has 0 spiro atoms. The fraction of sp³-hybridized carbons (Fsp3) is 0.706. The van der Waals surface area contributed by atoms with Crippen molar-refractivity contribution in [3.8, 4) is 0 Å². The summed E-state index contributed by atoms with van der Waals surface area (Å²) in [5, 5.41) is 23.7. The van der Waals surface area contributed by atoms with Crippen molar-refractivity contribution in [1.29, 1.82) is 0 Å². The van der Waals surface area contributed by atoms with Crippen molar-refractivity contribution < 1.29 is 5.11 Å². The van der Waals surface area contributed by atoms with Crippen molar-refractivity contribution >= 4 is 11.3 Å². The van der Waals surface area contributed by atoms with Gasteiger partial charge in [-0.05, 0) is 58.2 Å². The van der Waals surface area contributed by atoms with Gasteiger partial charge in [-0.2, -0.15) is 9.61 Å². The lowest BCUT2D eigenvalue weighted by Gasteiger charge is -2.41. The van der Waals surface area contributed by atoms with Crippen LogP contribution in [0.4, 0.5) is 5.69 Å². The lowest BCUT2D eigenvalue weighted by Crippen LogP contribution is -2.50. The number of fused-ring (bicyclic) bond motifs is 1. The standard InChI is InChI=1S/C17H26N6O/c1-13-14(2)20-23-12-18-19-16(23)15(13)22-9-5-17(24,6-10-22)11-21-7-3-4-8-21/h12,24H,3-11H2,1-2H3. The monoisotopic (exact) mass is 330 g/mol. The second-order valence-corrected chi connectivity index (χ2v) is 7.35. The van der Waals surface area contributed by atoms with E-state index < -0.39 is 5.60 Å². The fourth-order valence-corrected chi connectivity index (χ4v) is 4.07.